The summed E-state index contributed by atoms with van der Waals surface area (Å²) in [6.45, 7) is 0.0309. The first-order valence-electron chi connectivity index (χ1n) is 7.24. The van der Waals surface area contributed by atoms with Crippen molar-refractivity contribution in [2.75, 3.05) is 10.8 Å². The van der Waals surface area contributed by atoms with Gasteiger partial charge in [0.2, 0.25) is 0 Å². The fourth-order valence-corrected chi connectivity index (χ4v) is 4.19. The minimum atomic E-state index is -4.96. The van der Waals surface area contributed by atoms with Gasteiger partial charge in [0.05, 0.1) is 15.5 Å². The van der Waals surface area contributed by atoms with Crippen molar-refractivity contribution in [3.05, 3.63) is 58.1 Å². The lowest BCUT2D eigenvalue weighted by molar-refractivity contribution is -0.384. The van der Waals surface area contributed by atoms with Gasteiger partial charge in [0.1, 0.15) is 5.75 Å². The number of rotatable bonds is 4. The first-order valence-corrected chi connectivity index (χ1v) is 8.68. The molecule has 2 aromatic carbocycles. The largest absolute Gasteiger partial charge is 0.573 e. The van der Waals surface area contributed by atoms with E-state index in [2.05, 4.69) is 4.74 Å². The number of alkyl halides is 3. The zero-order valence-corrected chi connectivity index (χ0v) is 13.7. The second-order valence-corrected chi connectivity index (χ2v) is 7.28. The molecule has 0 radical (unpaired) electrons. The Morgan fingerprint density at radius 3 is 2.54 bits per heavy atom. The van der Waals surface area contributed by atoms with E-state index in [-0.39, 0.29) is 17.9 Å². The van der Waals surface area contributed by atoms with Crippen LogP contribution in [0.15, 0.2) is 47.4 Å². The van der Waals surface area contributed by atoms with E-state index in [1.54, 1.807) is 0 Å². The number of benzene rings is 2. The maximum absolute atomic E-state index is 12.8. The Balaban J connectivity index is 2.00. The molecule has 0 spiro atoms. The number of nitro benzene ring substituents is 1. The Morgan fingerprint density at radius 1 is 1.15 bits per heavy atom. The third-order valence-electron chi connectivity index (χ3n) is 3.76. The molecule has 0 saturated heterocycles. The van der Waals surface area contributed by atoms with Gasteiger partial charge in [0.15, 0.2) is 0 Å². The Hall–Kier alpha value is -2.82. The van der Waals surface area contributed by atoms with Crippen molar-refractivity contribution in [2.45, 2.75) is 17.7 Å². The van der Waals surface area contributed by atoms with Gasteiger partial charge in [-0.25, -0.2) is 8.42 Å². The van der Waals surface area contributed by atoms with Crippen molar-refractivity contribution in [2.24, 2.45) is 0 Å². The molecule has 138 valence electrons. The molecular weight excluding hydrogens is 377 g/mol. The van der Waals surface area contributed by atoms with Gasteiger partial charge in [-0.3, -0.25) is 14.4 Å². The van der Waals surface area contributed by atoms with Gasteiger partial charge in [-0.15, -0.1) is 13.2 Å². The summed E-state index contributed by atoms with van der Waals surface area (Å²) >= 11 is 0. The number of non-ortho nitro benzene ring substituents is 1. The van der Waals surface area contributed by atoms with Gasteiger partial charge in [0, 0.05) is 24.7 Å². The second kappa shape index (κ2) is 6.16. The van der Waals surface area contributed by atoms with Crippen molar-refractivity contribution in [3.8, 4) is 5.75 Å². The zero-order chi connectivity index (χ0) is 19.1. The predicted octanol–water partition coefficient (Wildman–Crippen LogP) is 3.24. The van der Waals surface area contributed by atoms with E-state index in [0.717, 1.165) is 34.6 Å². The number of nitrogens with zero attached hydrogens (tertiary/aromatic N) is 2. The summed E-state index contributed by atoms with van der Waals surface area (Å²) in [5, 5.41) is 10.9. The van der Waals surface area contributed by atoms with Crippen LogP contribution in [0.1, 0.15) is 5.56 Å². The van der Waals surface area contributed by atoms with E-state index < -0.39 is 32.0 Å². The van der Waals surface area contributed by atoms with E-state index in [4.69, 9.17) is 0 Å². The van der Waals surface area contributed by atoms with Crippen LogP contribution >= 0.6 is 0 Å². The summed E-state index contributed by atoms with van der Waals surface area (Å²) in [7, 11) is -4.21. The van der Waals surface area contributed by atoms with Crippen molar-refractivity contribution < 1.29 is 31.2 Å². The fraction of sp³-hybridized carbons (Fsp3) is 0.200. The third kappa shape index (κ3) is 3.43. The van der Waals surface area contributed by atoms with Crippen LogP contribution < -0.4 is 9.04 Å². The molecule has 1 aliphatic rings. The average Bonchev–Trinajstić information content (AvgIpc) is 2.97. The SMILES string of the molecule is O=[N+]([O-])c1ccc2c(c1)N(S(=O)(=O)c1cccc(OC(F)(F)F)c1)CC2. The van der Waals surface area contributed by atoms with Crippen LogP contribution in [0.5, 0.6) is 5.75 Å². The Morgan fingerprint density at radius 2 is 1.88 bits per heavy atom. The van der Waals surface area contributed by atoms with E-state index >= 15 is 0 Å². The van der Waals surface area contributed by atoms with Crippen molar-refractivity contribution >= 4 is 21.4 Å². The van der Waals surface area contributed by atoms with Crippen molar-refractivity contribution in [3.63, 3.8) is 0 Å². The molecule has 0 atom stereocenters. The van der Waals surface area contributed by atoms with Crippen LogP contribution in [0.4, 0.5) is 24.5 Å². The van der Waals surface area contributed by atoms with Crippen LogP contribution in [-0.2, 0) is 16.4 Å². The number of nitro groups is 1. The van der Waals surface area contributed by atoms with Gasteiger partial charge in [0.25, 0.3) is 15.7 Å². The van der Waals surface area contributed by atoms with E-state index in [0.29, 0.717) is 12.0 Å². The second-order valence-electron chi connectivity index (χ2n) is 5.42. The molecule has 26 heavy (non-hydrogen) atoms. The number of hydrogen-bond acceptors (Lipinski definition) is 5. The summed E-state index contributed by atoms with van der Waals surface area (Å²) in [6.07, 6.45) is -4.62. The molecule has 0 unspecified atom stereocenters. The van der Waals surface area contributed by atoms with Crippen LogP contribution in [-0.4, -0.2) is 26.2 Å². The van der Waals surface area contributed by atoms with Crippen LogP contribution in [0.3, 0.4) is 0 Å². The fourth-order valence-electron chi connectivity index (χ4n) is 2.66. The van der Waals surface area contributed by atoms with Gasteiger partial charge in [-0.2, -0.15) is 0 Å². The molecule has 1 heterocycles. The first-order chi connectivity index (χ1) is 12.1. The predicted molar refractivity (Wildman–Crippen MR) is 84.5 cm³/mol. The zero-order valence-electron chi connectivity index (χ0n) is 12.9. The number of fused-ring (bicyclic) bond motifs is 1. The highest BCUT2D eigenvalue weighted by Crippen LogP contribution is 2.36. The number of sulfonamides is 1. The molecule has 7 nitrogen and oxygen atoms in total. The van der Waals surface area contributed by atoms with Gasteiger partial charge in [-0.05, 0) is 24.1 Å². The molecule has 0 fully saturated rings. The minimum absolute atomic E-state index is 0.0309. The Bertz CT molecular complexity index is 975. The maximum Gasteiger partial charge on any atom is 0.573 e. The number of anilines is 1. The van der Waals surface area contributed by atoms with E-state index in [9.17, 15) is 31.7 Å². The molecule has 0 N–H and O–H groups in total. The van der Waals surface area contributed by atoms with Crippen LogP contribution in [0.2, 0.25) is 0 Å². The first kappa shape index (κ1) is 18.0. The molecule has 0 aromatic heterocycles. The van der Waals surface area contributed by atoms with Crippen LogP contribution in [0.25, 0.3) is 0 Å². The third-order valence-corrected chi connectivity index (χ3v) is 5.57. The molecule has 11 heteroatoms. The van der Waals surface area contributed by atoms with Gasteiger partial charge < -0.3 is 4.74 Å². The molecule has 0 saturated carbocycles. The summed E-state index contributed by atoms with van der Waals surface area (Å²) in [6, 6.07) is 7.87. The molecule has 1 aliphatic heterocycles. The lowest BCUT2D eigenvalue weighted by atomic mass is 10.1. The topological polar surface area (TPSA) is 89.8 Å². The monoisotopic (exact) mass is 388 g/mol. The lowest BCUT2D eigenvalue weighted by Crippen LogP contribution is -2.29. The highest BCUT2D eigenvalue weighted by atomic mass is 32.2. The van der Waals surface area contributed by atoms with Crippen molar-refractivity contribution in [1.82, 2.24) is 0 Å². The molecule has 0 amide bonds. The lowest BCUT2D eigenvalue weighted by Gasteiger charge is -2.20. The number of halogens is 3. The minimum Gasteiger partial charge on any atom is -0.406 e. The maximum atomic E-state index is 12.8. The Labute approximate surface area is 145 Å². The summed E-state index contributed by atoms with van der Waals surface area (Å²) in [5.74, 6) is -0.669. The molecule has 3 rings (SSSR count). The molecule has 0 aliphatic carbocycles. The standard InChI is InChI=1S/C15H11F3N2O5S/c16-15(17,18)25-12-2-1-3-13(9-12)26(23,24)19-7-6-10-4-5-11(20(21)22)8-14(10)19/h1-5,8-9H,6-7H2. The number of hydrogen-bond donors (Lipinski definition) is 0. The molecular formula is C15H11F3N2O5S. The molecule has 2 aromatic rings. The summed E-state index contributed by atoms with van der Waals surface area (Å²) in [5.41, 5.74) is 0.461. The van der Waals surface area contributed by atoms with Gasteiger partial charge in [-0.1, -0.05) is 12.1 Å². The highest BCUT2D eigenvalue weighted by molar-refractivity contribution is 7.92. The number of ether oxygens (including phenoxy) is 1. The summed E-state index contributed by atoms with van der Waals surface area (Å²) in [4.78, 5) is 9.86. The van der Waals surface area contributed by atoms with Crippen molar-refractivity contribution in [1.29, 1.82) is 0 Å². The smallest absolute Gasteiger partial charge is 0.406 e. The normalized spacial score (nSPS) is 14.2. The Kier molecular flexibility index (Phi) is 4.26. The average molecular weight is 388 g/mol. The van der Waals surface area contributed by atoms with Crippen LogP contribution in [0, 0.1) is 10.1 Å². The van der Waals surface area contributed by atoms with E-state index in [1.807, 2.05) is 0 Å². The highest BCUT2D eigenvalue weighted by Gasteiger charge is 2.34. The molecule has 0 bridgehead atoms. The van der Waals surface area contributed by atoms with Gasteiger partial charge >= 0.3 is 6.36 Å². The summed E-state index contributed by atoms with van der Waals surface area (Å²) < 4.78 is 67.4. The quantitative estimate of drug-likeness (QED) is 0.593. The van der Waals surface area contributed by atoms with E-state index in [1.165, 1.54) is 12.1 Å².